The molecule has 30 heavy (non-hydrogen) atoms. The van der Waals surface area contributed by atoms with E-state index in [0.717, 1.165) is 18.7 Å². The van der Waals surface area contributed by atoms with Gasteiger partial charge in [-0.2, -0.15) is 13.2 Å². The monoisotopic (exact) mass is 441 g/mol. The van der Waals surface area contributed by atoms with Gasteiger partial charge in [0.2, 0.25) is 0 Å². The lowest BCUT2D eigenvalue weighted by Crippen LogP contribution is -2.49. The average Bonchev–Trinajstić information content (AvgIpc) is 2.71. The van der Waals surface area contributed by atoms with Gasteiger partial charge < -0.3 is 10.0 Å². The third-order valence-corrected chi connectivity index (χ3v) is 5.82. The summed E-state index contributed by atoms with van der Waals surface area (Å²) in [6, 6.07) is 14.2. The Morgan fingerprint density at radius 2 is 1.87 bits per heavy atom. The minimum atomic E-state index is -4.43. The fraction of sp³-hybridized carbons (Fsp3) is 0.435. The Balaban J connectivity index is 0.00000320. The van der Waals surface area contributed by atoms with Gasteiger partial charge in [0, 0.05) is 31.0 Å². The molecule has 1 heterocycles. The molecule has 0 bridgehead atoms. The van der Waals surface area contributed by atoms with Gasteiger partial charge in [-0.05, 0) is 37.1 Å². The second kappa shape index (κ2) is 9.94. The maximum atomic E-state index is 13.0. The van der Waals surface area contributed by atoms with Crippen LogP contribution in [0, 0.1) is 5.92 Å². The Kier molecular flexibility index (Phi) is 8.08. The number of halogens is 4. The van der Waals surface area contributed by atoms with Crippen molar-refractivity contribution in [2.75, 3.05) is 19.6 Å². The van der Waals surface area contributed by atoms with E-state index < -0.39 is 17.3 Å². The van der Waals surface area contributed by atoms with Gasteiger partial charge in [0.1, 0.15) is 0 Å². The Morgan fingerprint density at radius 1 is 1.17 bits per heavy atom. The molecule has 164 valence electrons. The van der Waals surface area contributed by atoms with Crippen molar-refractivity contribution in [3.8, 4) is 0 Å². The molecular formula is C23H27ClF3NO2. The molecule has 0 aromatic heterocycles. The lowest BCUT2D eigenvalue weighted by atomic mass is 9.76. The number of carbonyl (C=O) groups excluding carboxylic acids is 1. The number of carbonyl (C=O) groups is 1. The Labute approximate surface area is 181 Å². The van der Waals surface area contributed by atoms with Crippen LogP contribution in [0.4, 0.5) is 13.2 Å². The highest BCUT2D eigenvalue weighted by Gasteiger charge is 2.41. The summed E-state index contributed by atoms with van der Waals surface area (Å²) in [5, 5.41) is 11.1. The summed E-state index contributed by atoms with van der Waals surface area (Å²) in [5.41, 5.74) is -0.993. The molecular weight excluding hydrogens is 415 g/mol. The normalized spacial score (nSPS) is 22.4. The number of hydrogen-bond donors (Lipinski definition) is 1. The molecule has 1 aliphatic rings. The molecule has 2 aromatic rings. The first-order chi connectivity index (χ1) is 13.7. The van der Waals surface area contributed by atoms with Crippen molar-refractivity contribution in [2.24, 2.45) is 5.92 Å². The number of hydrogen-bond acceptors (Lipinski definition) is 3. The van der Waals surface area contributed by atoms with E-state index in [9.17, 15) is 23.1 Å². The Bertz CT molecular complexity index is 844. The van der Waals surface area contributed by atoms with Crippen LogP contribution in [0.15, 0.2) is 54.6 Å². The van der Waals surface area contributed by atoms with E-state index in [1.807, 2.05) is 25.1 Å². The van der Waals surface area contributed by atoms with Crippen molar-refractivity contribution in [1.29, 1.82) is 0 Å². The summed E-state index contributed by atoms with van der Waals surface area (Å²) in [6.07, 6.45) is -2.90. The fourth-order valence-corrected chi connectivity index (χ4v) is 4.03. The zero-order valence-corrected chi connectivity index (χ0v) is 17.7. The van der Waals surface area contributed by atoms with Crippen molar-refractivity contribution >= 4 is 18.2 Å². The minimum absolute atomic E-state index is 0. The van der Waals surface area contributed by atoms with Gasteiger partial charge in [-0.15, -0.1) is 12.4 Å². The molecule has 2 atom stereocenters. The van der Waals surface area contributed by atoms with Crippen LogP contribution in [-0.4, -0.2) is 35.4 Å². The minimum Gasteiger partial charge on any atom is -0.385 e. The van der Waals surface area contributed by atoms with E-state index in [0.29, 0.717) is 43.5 Å². The van der Waals surface area contributed by atoms with Crippen LogP contribution in [0.5, 0.6) is 0 Å². The first kappa shape index (κ1) is 24.4. The SMILES string of the molecule is CC1CN(CCCC(=O)c2ccccc2)CCC1(O)c1cccc(C(F)(F)F)c1.Cl. The number of Topliss-reactive ketones (excluding diaryl/α,β-unsaturated/α-hetero) is 1. The summed E-state index contributed by atoms with van der Waals surface area (Å²) < 4.78 is 39.1. The van der Waals surface area contributed by atoms with Gasteiger partial charge in [-0.1, -0.05) is 49.4 Å². The highest BCUT2D eigenvalue weighted by Crippen LogP contribution is 2.39. The molecule has 1 aliphatic heterocycles. The van der Waals surface area contributed by atoms with Crippen molar-refractivity contribution in [2.45, 2.75) is 38.0 Å². The lowest BCUT2D eigenvalue weighted by molar-refractivity contribution is -0.138. The molecule has 0 saturated carbocycles. The largest absolute Gasteiger partial charge is 0.416 e. The van der Waals surface area contributed by atoms with Gasteiger partial charge in [-0.25, -0.2) is 0 Å². The molecule has 3 rings (SSSR count). The summed E-state index contributed by atoms with van der Waals surface area (Å²) >= 11 is 0. The number of alkyl halides is 3. The number of rotatable bonds is 6. The highest BCUT2D eigenvalue weighted by atomic mass is 35.5. The maximum absolute atomic E-state index is 13.0. The number of nitrogens with zero attached hydrogens (tertiary/aromatic N) is 1. The summed E-state index contributed by atoms with van der Waals surface area (Å²) in [4.78, 5) is 14.4. The van der Waals surface area contributed by atoms with Gasteiger partial charge in [0.05, 0.1) is 11.2 Å². The molecule has 7 heteroatoms. The third-order valence-electron chi connectivity index (χ3n) is 5.82. The van der Waals surface area contributed by atoms with Crippen LogP contribution in [0.3, 0.4) is 0 Å². The van der Waals surface area contributed by atoms with Gasteiger partial charge in [0.25, 0.3) is 0 Å². The van der Waals surface area contributed by atoms with Crippen LogP contribution in [-0.2, 0) is 11.8 Å². The second-order valence-electron chi connectivity index (χ2n) is 7.85. The van der Waals surface area contributed by atoms with Crippen molar-refractivity contribution < 1.29 is 23.1 Å². The molecule has 0 amide bonds. The predicted molar refractivity (Wildman–Crippen MR) is 113 cm³/mol. The molecule has 2 unspecified atom stereocenters. The molecule has 1 saturated heterocycles. The summed E-state index contributed by atoms with van der Waals surface area (Å²) in [7, 11) is 0. The van der Waals surface area contributed by atoms with Crippen molar-refractivity contribution in [3.05, 3.63) is 71.3 Å². The second-order valence-corrected chi connectivity index (χ2v) is 7.85. The fourth-order valence-electron chi connectivity index (χ4n) is 4.03. The highest BCUT2D eigenvalue weighted by molar-refractivity contribution is 5.95. The van der Waals surface area contributed by atoms with Crippen molar-refractivity contribution in [1.82, 2.24) is 4.90 Å². The van der Waals surface area contributed by atoms with E-state index in [4.69, 9.17) is 0 Å². The summed E-state index contributed by atoms with van der Waals surface area (Å²) in [5.74, 6) is -0.110. The first-order valence-electron chi connectivity index (χ1n) is 9.91. The lowest BCUT2D eigenvalue weighted by Gasteiger charge is -2.43. The van der Waals surface area contributed by atoms with E-state index in [-0.39, 0.29) is 24.1 Å². The average molecular weight is 442 g/mol. The molecule has 2 aromatic carbocycles. The first-order valence-corrected chi connectivity index (χ1v) is 9.91. The van der Waals surface area contributed by atoms with E-state index in [2.05, 4.69) is 4.90 Å². The van der Waals surface area contributed by atoms with Gasteiger partial charge in [-0.3, -0.25) is 4.79 Å². The number of ketones is 1. The van der Waals surface area contributed by atoms with E-state index in [1.54, 1.807) is 18.2 Å². The standard InChI is InChI=1S/C23H26F3NO2.ClH/c1-17-16-27(13-6-11-21(28)18-7-3-2-4-8-18)14-12-22(17,29)19-9-5-10-20(15-19)23(24,25)26;/h2-5,7-10,15,17,29H,6,11-14,16H2,1H3;1H. The van der Waals surface area contributed by atoms with Crippen LogP contribution in [0.1, 0.15) is 47.7 Å². The zero-order valence-electron chi connectivity index (χ0n) is 16.9. The molecule has 3 nitrogen and oxygen atoms in total. The van der Waals surface area contributed by atoms with E-state index >= 15 is 0 Å². The zero-order chi connectivity index (χ0) is 21.1. The molecule has 1 N–H and O–H groups in total. The van der Waals surface area contributed by atoms with Crippen LogP contribution < -0.4 is 0 Å². The van der Waals surface area contributed by atoms with Crippen LogP contribution in [0.2, 0.25) is 0 Å². The number of piperidine rings is 1. The quantitative estimate of drug-likeness (QED) is 0.617. The van der Waals surface area contributed by atoms with E-state index in [1.165, 1.54) is 6.07 Å². The van der Waals surface area contributed by atoms with Crippen LogP contribution in [0.25, 0.3) is 0 Å². The van der Waals surface area contributed by atoms with Crippen LogP contribution >= 0.6 is 12.4 Å². The Hall–Kier alpha value is -1.89. The van der Waals surface area contributed by atoms with Crippen molar-refractivity contribution in [3.63, 3.8) is 0 Å². The Morgan fingerprint density at radius 3 is 2.50 bits per heavy atom. The summed E-state index contributed by atoms with van der Waals surface area (Å²) in [6.45, 7) is 3.74. The topological polar surface area (TPSA) is 40.5 Å². The molecule has 0 radical (unpaired) electrons. The maximum Gasteiger partial charge on any atom is 0.416 e. The number of aliphatic hydroxyl groups is 1. The molecule has 0 spiro atoms. The van der Waals surface area contributed by atoms with Gasteiger partial charge >= 0.3 is 6.18 Å². The van der Waals surface area contributed by atoms with Gasteiger partial charge in [0.15, 0.2) is 5.78 Å². The number of benzene rings is 2. The molecule has 1 fully saturated rings. The number of likely N-dealkylation sites (tertiary alicyclic amines) is 1. The molecule has 0 aliphatic carbocycles. The predicted octanol–water partition coefficient (Wildman–Crippen LogP) is 5.32. The third kappa shape index (κ3) is 5.62. The smallest absolute Gasteiger partial charge is 0.385 e.